The Morgan fingerprint density at radius 1 is 1.19 bits per heavy atom. The minimum atomic E-state index is -2.46. The third-order valence-electron chi connectivity index (χ3n) is 7.05. The third-order valence-corrected chi connectivity index (χ3v) is 7.61. The van der Waals surface area contributed by atoms with Crippen LogP contribution < -0.4 is 20.1 Å². The van der Waals surface area contributed by atoms with E-state index in [0.717, 1.165) is 38.8 Å². The Labute approximate surface area is 218 Å². The number of hydrogen-bond donors (Lipinski definition) is 3. The number of nitrogens with one attached hydrogen (secondary N) is 3. The highest BCUT2D eigenvalue weighted by atomic mass is 32.2. The molecule has 2 aliphatic rings. The molecule has 1 aromatic carbocycles. The van der Waals surface area contributed by atoms with Gasteiger partial charge in [-0.2, -0.15) is 0 Å². The maximum Gasteiger partial charge on any atom is 0.228 e. The Kier molecular flexibility index (Phi) is 7.75. The standard InChI is InChI=1S/C26H31FN6O3S/c1-17-14-18(26(33-37(34)35)9-2-3-10-26)15-21(27)23(17)36-24-20(7-5-12-29-24)22-8-13-30-25(32-22)31-19-6-4-11-28-16-19/h5,7-8,12-15,19,28,33H,2-4,6,9-11,16H2,1H3,(H,34,35)(H,30,31,32)/p-1/t19-/m0/s1. The summed E-state index contributed by atoms with van der Waals surface area (Å²) in [5.74, 6) is 0.195. The van der Waals surface area contributed by atoms with Gasteiger partial charge in [0.1, 0.15) is 0 Å². The number of halogens is 1. The predicted molar refractivity (Wildman–Crippen MR) is 138 cm³/mol. The lowest BCUT2D eigenvalue weighted by atomic mass is 9.88. The van der Waals surface area contributed by atoms with E-state index in [9.17, 15) is 8.76 Å². The van der Waals surface area contributed by atoms with E-state index in [1.54, 1.807) is 37.5 Å². The number of nitrogens with zero attached hydrogens (tertiary/aromatic N) is 3. The van der Waals surface area contributed by atoms with Crippen molar-refractivity contribution in [1.82, 2.24) is 25.0 Å². The number of hydrogen-bond acceptors (Lipinski definition) is 8. The molecule has 3 heterocycles. The van der Waals surface area contributed by atoms with Gasteiger partial charge in [-0.05, 0) is 74.5 Å². The maximum absolute atomic E-state index is 15.4. The van der Waals surface area contributed by atoms with E-state index < -0.39 is 22.6 Å². The van der Waals surface area contributed by atoms with Crippen LogP contribution in [0.15, 0.2) is 42.7 Å². The fourth-order valence-electron chi connectivity index (χ4n) is 5.22. The van der Waals surface area contributed by atoms with Crippen LogP contribution in [-0.2, 0) is 16.8 Å². The monoisotopic (exact) mass is 525 g/mol. The summed E-state index contributed by atoms with van der Waals surface area (Å²) in [6.07, 6.45) is 8.35. The molecular formula is C26H30FN6O3S-. The summed E-state index contributed by atoms with van der Waals surface area (Å²) >= 11 is -2.46. The Bertz CT molecular complexity index is 1260. The van der Waals surface area contributed by atoms with Crippen LogP contribution in [0.1, 0.15) is 49.7 Å². The van der Waals surface area contributed by atoms with Gasteiger partial charge in [-0.1, -0.05) is 18.9 Å². The van der Waals surface area contributed by atoms with E-state index >= 15 is 4.39 Å². The molecule has 2 fully saturated rings. The molecule has 5 rings (SSSR count). The summed E-state index contributed by atoms with van der Waals surface area (Å²) in [6.45, 7) is 3.61. The number of ether oxygens (including phenoxy) is 1. The molecule has 11 heteroatoms. The number of piperidine rings is 1. The van der Waals surface area contributed by atoms with Crippen LogP contribution in [0.5, 0.6) is 11.6 Å². The molecule has 37 heavy (non-hydrogen) atoms. The van der Waals surface area contributed by atoms with E-state index in [1.165, 1.54) is 6.07 Å². The van der Waals surface area contributed by atoms with Crippen LogP contribution in [0.3, 0.4) is 0 Å². The zero-order chi connectivity index (χ0) is 25.8. The largest absolute Gasteiger partial charge is 0.760 e. The molecule has 1 unspecified atom stereocenters. The van der Waals surface area contributed by atoms with E-state index in [1.807, 2.05) is 6.07 Å². The molecule has 1 aliphatic heterocycles. The van der Waals surface area contributed by atoms with Gasteiger partial charge >= 0.3 is 0 Å². The van der Waals surface area contributed by atoms with Gasteiger partial charge in [0.05, 0.1) is 16.8 Å². The van der Waals surface area contributed by atoms with Crippen LogP contribution in [0.4, 0.5) is 10.3 Å². The highest BCUT2D eigenvalue weighted by molar-refractivity contribution is 7.77. The van der Waals surface area contributed by atoms with E-state index in [-0.39, 0.29) is 17.7 Å². The van der Waals surface area contributed by atoms with Gasteiger partial charge in [0.25, 0.3) is 0 Å². The molecule has 2 aromatic heterocycles. The van der Waals surface area contributed by atoms with Crippen molar-refractivity contribution in [2.75, 3.05) is 18.4 Å². The van der Waals surface area contributed by atoms with Gasteiger partial charge in [-0.3, -0.25) is 4.21 Å². The van der Waals surface area contributed by atoms with Gasteiger partial charge in [-0.25, -0.2) is 24.1 Å². The SMILES string of the molecule is Cc1cc(C2(NS(=O)[O-])CCCC2)cc(F)c1Oc1ncccc1-c1ccnc(N[C@H]2CCCNC2)n1. The number of rotatable bonds is 8. The van der Waals surface area contributed by atoms with Gasteiger partial charge < -0.3 is 19.9 Å². The molecule has 9 nitrogen and oxygen atoms in total. The van der Waals surface area contributed by atoms with E-state index in [0.29, 0.717) is 41.2 Å². The van der Waals surface area contributed by atoms with Gasteiger partial charge in [0.15, 0.2) is 11.6 Å². The van der Waals surface area contributed by atoms with Crippen molar-refractivity contribution < 1.29 is 17.9 Å². The Morgan fingerprint density at radius 2 is 2.03 bits per heavy atom. The molecule has 1 saturated carbocycles. The zero-order valence-electron chi connectivity index (χ0n) is 20.6. The molecule has 0 amide bonds. The molecule has 3 N–H and O–H groups in total. The molecule has 0 bridgehead atoms. The number of aromatic nitrogens is 3. The first-order valence-corrected chi connectivity index (χ1v) is 13.6. The van der Waals surface area contributed by atoms with Crippen LogP contribution in [-0.4, -0.2) is 42.8 Å². The average molecular weight is 526 g/mol. The van der Waals surface area contributed by atoms with Gasteiger partial charge in [0.2, 0.25) is 11.8 Å². The minimum Gasteiger partial charge on any atom is -0.760 e. The lowest BCUT2D eigenvalue weighted by Crippen LogP contribution is -2.41. The van der Waals surface area contributed by atoms with Gasteiger partial charge in [-0.15, -0.1) is 0 Å². The summed E-state index contributed by atoms with van der Waals surface area (Å²) in [5.41, 5.74) is 1.55. The molecule has 3 aromatic rings. The van der Waals surface area contributed by atoms with Crippen molar-refractivity contribution in [3.63, 3.8) is 0 Å². The lowest BCUT2D eigenvalue weighted by molar-refractivity contribution is 0.386. The second-order valence-corrected chi connectivity index (χ2v) is 10.3. The first-order valence-electron chi connectivity index (χ1n) is 12.5. The van der Waals surface area contributed by atoms with Crippen molar-refractivity contribution in [2.45, 2.75) is 57.0 Å². The molecule has 1 aliphatic carbocycles. The lowest BCUT2D eigenvalue weighted by Gasteiger charge is -2.32. The van der Waals surface area contributed by atoms with Crippen LogP contribution in [0.25, 0.3) is 11.3 Å². The van der Waals surface area contributed by atoms with Crippen molar-refractivity contribution >= 4 is 17.2 Å². The summed E-state index contributed by atoms with van der Waals surface area (Å²) in [4.78, 5) is 13.4. The van der Waals surface area contributed by atoms with E-state index in [2.05, 4.69) is 30.3 Å². The summed E-state index contributed by atoms with van der Waals surface area (Å²) < 4.78 is 47.0. The van der Waals surface area contributed by atoms with Crippen LogP contribution >= 0.6 is 0 Å². The fourth-order valence-corrected chi connectivity index (χ4v) is 5.86. The molecule has 1 saturated heterocycles. The summed E-state index contributed by atoms with van der Waals surface area (Å²) in [7, 11) is 0. The van der Waals surface area contributed by atoms with Gasteiger partial charge in [0, 0.05) is 36.2 Å². The first-order chi connectivity index (χ1) is 17.9. The van der Waals surface area contributed by atoms with Crippen molar-refractivity contribution in [2.24, 2.45) is 0 Å². The Balaban J connectivity index is 1.42. The second kappa shape index (κ2) is 11.2. The smallest absolute Gasteiger partial charge is 0.228 e. The van der Waals surface area contributed by atoms with Crippen LogP contribution in [0.2, 0.25) is 0 Å². The maximum atomic E-state index is 15.4. The molecule has 2 atom stereocenters. The summed E-state index contributed by atoms with van der Waals surface area (Å²) in [5, 5.41) is 6.74. The Hall–Kier alpha value is -2.99. The molecule has 196 valence electrons. The number of aryl methyl sites for hydroxylation is 1. The van der Waals surface area contributed by atoms with Crippen molar-refractivity contribution in [3.8, 4) is 22.9 Å². The quantitative estimate of drug-likeness (QED) is 0.376. The van der Waals surface area contributed by atoms with E-state index in [4.69, 9.17) is 4.74 Å². The summed E-state index contributed by atoms with van der Waals surface area (Å²) in [6, 6.07) is 8.75. The normalized spacial score (nSPS) is 19.9. The fraction of sp³-hybridized carbons (Fsp3) is 0.423. The minimum absolute atomic E-state index is 0.0424. The molecular weight excluding hydrogens is 495 g/mol. The predicted octanol–water partition coefficient (Wildman–Crippen LogP) is 4.10. The van der Waals surface area contributed by atoms with Crippen molar-refractivity contribution in [1.29, 1.82) is 0 Å². The number of benzene rings is 1. The zero-order valence-corrected chi connectivity index (χ0v) is 21.4. The highest BCUT2D eigenvalue weighted by Crippen LogP contribution is 2.42. The Morgan fingerprint density at radius 3 is 2.76 bits per heavy atom. The van der Waals surface area contributed by atoms with Crippen molar-refractivity contribution in [3.05, 3.63) is 59.7 Å². The topological polar surface area (TPSA) is 124 Å². The average Bonchev–Trinajstić information content (AvgIpc) is 3.36. The first kappa shape index (κ1) is 25.7. The highest BCUT2D eigenvalue weighted by Gasteiger charge is 2.37. The number of pyridine rings is 1. The number of anilines is 1. The second-order valence-electron chi connectivity index (χ2n) is 9.64. The van der Waals surface area contributed by atoms with Crippen LogP contribution in [0, 0.1) is 12.7 Å². The third kappa shape index (κ3) is 5.80. The molecule has 0 spiro atoms. The molecule has 0 radical (unpaired) electrons.